The number of aromatic nitrogens is 3. The van der Waals surface area contributed by atoms with Crippen LogP contribution >= 0.6 is 11.8 Å². The molecular formula is C22H20N4O3S. The van der Waals surface area contributed by atoms with Crippen molar-refractivity contribution in [2.75, 3.05) is 17.7 Å². The van der Waals surface area contributed by atoms with Crippen LogP contribution in [0, 0.1) is 0 Å². The number of para-hydroxylation sites is 1. The van der Waals surface area contributed by atoms with E-state index in [1.165, 1.54) is 11.8 Å². The highest BCUT2D eigenvalue weighted by Crippen LogP contribution is 2.23. The summed E-state index contributed by atoms with van der Waals surface area (Å²) >= 11 is 1.32. The van der Waals surface area contributed by atoms with Crippen LogP contribution in [-0.4, -0.2) is 38.8 Å². The Balaban J connectivity index is 1.41. The molecule has 2 aromatic carbocycles. The third-order valence-electron chi connectivity index (χ3n) is 4.42. The normalized spacial score (nSPS) is 11.0. The van der Waals surface area contributed by atoms with E-state index in [9.17, 15) is 9.59 Å². The lowest BCUT2D eigenvalue weighted by Gasteiger charge is -2.07. The minimum Gasteiger partial charge on any atom is -0.462 e. The Bertz CT molecular complexity index is 1200. The van der Waals surface area contributed by atoms with Crippen LogP contribution in [0.25, 0.3) is 16.6 Å². The fourth-order valence-corrected chi connectivity index (χ4v) is 3.75. The summed E-state index contributed by atoms with van der Waals surface area (Å²) in [6.45, 7) is 2.33. The molecule has 7 nitrogen and oxygen atoms in total. The van der Waals surface area contributed by atoms with E-state index in [0.29, 0.717) is 23.0 Å². The van der Waals surface area contributed by atoms with Gasteiger partial charge in [-0.1, -0.05) is 36.9 Å². The molecule has 0 spiro atoms. The molecule has 152 valence electrons. The Hall–Kier alpha value is -3.39. The molecule has 0 aliphatic carbocycles. The number of hydrogen-bond acceptors (Lipinski definition) is 6. The number of esters is 1. The van der Waals surface area contributed by atoms with Crippen molar-refractivity contribution in [3.63, 3.8) is 0 Å². The fraction of sp³-hybridized carbons (Fsp3) is 0.182. The van der Waals surface area contributed by atoms with Gasteiger partial charge < -0.3 is 10.1 Å². The Morgan fingerprint density at radius 2 is 1.83 bits per heavy atom. The number of hydrogen-bond donors (Lipinski definition) is 1. The molecule has 0 saturated carbocycles. The molecule has 8 heteroatoms. The third kappa shape index (κ3) is 4.28. The molecule has 4 aromatic rings. The first-order chi connectivity index (χ1) is 14.7. The van der Waals surface area contributed by atoms with Crippen LogP contribution in [0.1, 0.15) is 23.7 Å². The topological polar surface area (TPSA) is 85.6 Å². The number of thioether (sulfide) groups is 1. The average Bonchev–Trinajstić information content (AvgIpc) is 3.20. The summed E-state index contributed by atoms with van der Waals surface area (Å²) < 4.78 is 7.05. The molecule has 0 fully saturated rings. The second kappa shape index (κ2) is 8.96. The summed E-state index contributed by atoms with van der Waals surface area (Å²) in [5.74, 6) is -0.348. The number of pyridine rings is 1. The zero-order valence-electron chi connectivity index (χ0n) is 16.4. The van der Waals surface area contributed by atoms with Gasteiger partial charge in [0, 0.05) is 5.69 Å². The van der Waals surface area contributed by atoms with Crippen molar-refractivity contribution in [1.29, 1.82) is 0 Å². The molecule has 1 amide bonds. The lowest BCUT2D eigenvalue weighted by molar-refractivity contribution is -0.113. The van der Waals surface area contributed by atoms with E-state index in [4.69, 9.17) is 4.74 Å². The van der Waals surface area contributed by atoms with Crippen LogP contribution < -0.4 is 5.32 Å². The molecule has 2 heterocycles. The number of amides is 1. The number of carbonyl (C=O) groups is 2. The maximum absolute atomic E-state index is 12.4. The van der Waals surface area contributed by atoms with Gasteiger partial charge in [-0.05, 0) is 54.3 Å². The van der Waals surface area contributed by atoms with Crippen molar-refractivity contribution in [1.82, 2.24) is 14.6 Å². The van der Waals surface area contributed by atoms with E-state index in [2.05, 4.69) is 15.5 Å². The molecular weight excluding hydrogens is 400 g/mol. The van der Waals surface area contributed by atoms with Gasteiger partial charge in [0.15, 0.2) is 10.8 Å². The molecule has 0 atom stereocenters. The second-order valence-electron chi connectivity index (χ2n) is 6.62. The van der Waals surface area contributed by atoms with Crippen LogP contribution in [0.5, 0.6) is 0 Å². The van der Waals surface area contributed by atoms with Gasteiger partial charge in [0.05, 0.1) is 23.4 Å². The summed E-state index contributed by atoms with van der Waals surface area (Å²) in [6.07, 6.45) is 0.772. The molecule has 0 bridgehead atoms. The maximum Gasteiger partial charge on any atom is 0.338 e. The molecule has 0 aliphatic rings. The number of nitrogens with one attached hydrogen (secondary N) is 1. The Morgan fingerprint density at radius 3 is 2.63 bits per heavy atom. The summed E-state index contributed by atoms with van der Waals surface area (Å²) in [4.78, 5) is 24.2. The Morgan fingerprint density at radius 1 is 1.03 bits per heavy atom. The summed E-state index contributed by atoms with van der Waals surface area (Å²) in [6, 6.07) is 18.5. The lowest BCUT2D eigenvalue weighted by Crippen LogP contribution is -2.14. The average molecular weight is 420 g/mol. The number of rotatable bonds is 7. The number of fused-ring (bicyclic) bond motifs is 3. The highest BCUT2D eigenvalue weighted by atomic mass is 32.2. The first-order valence-corrected chi connectivity index (χ1v) is 10.6. The molecule has 0 saturated heterocycles. The van der Waals surface area contributed by atoms with Crippen LogP contribution in [0.15, 0.2) is 65.8 Å². The van der Waals surface area contributed by atoms with Crippen molar-refractivity contribution in [3.05, 3.63) is 66.2 Å². The molecule has 0 aliphatic heterocycles. The molecule has 1 N–H and O–H groups in total. The molecule has 0 radical (unpaired) electrons. The summed E-state index contributed by atoms with van der Waals surface area (Å²) in [7, 11) is 0. The number of anilines is 1. The molecule has 30 heavy (non-hydrogen) atoms. The summed E-state index contributed by atoms with van der Waals surface area (Å²) in [5.41, 5.74) is 2.80. The highest BCUT2D eigenvalue weighted by Gasteiger charge is 2.12. The van der Waals surface area contributed by atoms with Crippen LogP contribution in [0.2, 0.25) is 0 Å². The van der Waals surface area contributed by atoms with Crippen LogP contribution in [0.4, 0.5) is 5.69 Å². The van der Waals surface area contributed by atoms with Crippen molar-refractivity contribution in [2.45, 2.75) is 18.5 Å². The van der Waals surface area contributed by atoms with Crippen molar-refractivity contribution < 1.29 is 14.3 Å². The maximum atomic E-state index is 12.4. The summed E-state index contributed by atoms with van der Waals surface area (Å²) in [5, 5.41) is 13.0. The van der Waals surface area contributed by atoms with Gasteiger partial charge >= 0.3 is 5.97 Å². The zero-order chi connectivity index (χ0) is 20.9. The highest BCUT2D eigenvalue weighted by molar-refractivity contribution is 7.99. The first kappa shape index (κ1) is 19.9. The molecule has 2 aromatic heterocycles. The minimum atomic E-state index is -0.365. The van der Waals surface area contributed by atoms with Crippen molar-refractivity contribution >= 4 is 45.9 Å². The Kier molecular flexibility index (Phi) is 5.94. The Labute approximate surface area is 177 Å². The number of benzene rings is 2. The SMILES string of the molecule is CCCOC(=O)c1ccc(NC(=O)CSc2nnc3ccc4ccccc4n23)cc1. The number of ether oxygens (including phenoxy) is 1. The van der Waals surface area contributed by atoms with E-state index >= 15 is 0 Å². The lowest BCUT2D eigenvalue weighted by atomic mass is 10.2. The van der Waals surface area contributed by atoms with Crippen molar-refractivity contribution in [2.24, 2.45) is 0 Å². The number of carbonyl (C=O) groups excluding carboxylic acids is 2. The quantitative estimate of drug-likeness (QED) is 0.357. The molecule has 4 rings (SSSR count). The van der Waals surface area contributed by atoms with Gasteiger partial charge in [0.2, 0.25) is 5.91 Å². The van der Waals surface area contributed by atoms with E-state index in [-0.39, 0.29) is 17.6 Å². The van der Waals surface area contributed by atoms with Crippen LogP contribution in [-0.2, 0) is 9.53 Å². The fourth-order valence-electron chi connectivity index (χ4n) is 3.00. The van der Waals surface area contributed by atoms with Gasteiger partial charge in [0.25, 0.3) is 0 Å². The predicted molar refractivity (Wildman–Crippen MR) is 117 cm³/mol. The van der Waals surface area contributed by atoms with Crippen LogP contribution in [0.3, 0.4) is 0 Å². The smallest absolute Gasteiger partial charge is 0.338 e. The molecule has 0 unspecified atom stereocenters. The van der Waals surface area contributed by atoms with Gasteiger partial charge in [-0.3, -0.25) is 9.20 Å². The largest absolute Gasteiger partial charge is 0.462 e. The van der Waals surface area contributed by atoms with Gasteiger partial charge in [0.1, 0.15) is 0 Å². The van der Waals surface area contributed by atoms with Gasteiger partial charge in [-0.25, -0.2) is 4.79 Å². The van der Waals surface area contributed by atoms with Crippen molar-refractivity contribution in [3.8, 4) is 0 Å². The minimum absolute atomic E-state index is 0.168. The monoisotopic (exact) mass is 420 g/mol. The van der Waals surface area contributed by atoms with Gasteiger partial charge in [-0.15, -0.1) is 10.2 Å². The van der Waals surface area contributed by atoms with E-state index in [1.54, 1.807) is 24.3 Å². The first-order valence-electron chi connectivity index (χ1n) is 9.58. The second-order valence-corrected chi connectivity index (χ2v) is 7.56. The van der Waals surface area contributed by atoms with E-state index in [0.717, 1.165) is 23.0 Å². The van der Waals surface area contributed by atoms with E-state index < -0.39 is 0 Å². The number of nitrogens with zero attached hydrogens (tertiary/aromatic N) is 3. The predicted octanol–water partition coefficient (Wildman–Crippen LogP) is 4.18. The standard InChI is InChI=1S/C22H20N4O3S/c1-2-13-29-21(28)16-7-10-17(11-8-16)23-20(27)14-30-22-25-24-19-12-9-15-5-3-4-6-18(15)26(19)22/h3-12H,2,13-14H2,1H3,(H,23,27). The zero-order valence-corrected chi connectivity index (χ0v) is 17.2. The van der Waals surface area contributed by atoms with E-state index in [1.807, 2.05) is 47.7 Å². The van der Waals surface area contributed by atoms with Gasteiger partial charge in [-0.2, -0.15) is 0 Å². The third-order valence-corrected chi connectivity index (χ3v) is 5.35.